The molecule has 0 aliphatic carbocycles. The monoisotopic (exact) mass is 1070 g/mol. The van der Waals surface area contributed by atoms with Crippen molar-refractivity contribution in [3.63, 3.8) is 0 Å². The molecule has 0 atom stereocenters. The van der Waals surface area contributed by atoms with Crippen molar-refractivity contribution in [2.24, 2.45) is 4.99 Å². The number of carbonyl (C=O) groups is 2. The Bertz CT molecular complexity index is 3090. The van der Waals surface area contributed by atoms with Gasteiger partial charge in [-0.3, -0.25) is 24.0 Å². The van der Waals surface area contributed by atoms with E-state index in [-0.39, 0.29) is 31.4 Å². The summed E-state index contributed by atoms with van der Waals surface area (Å²) < 4.78 is 50.8. The Hall–Kier alpha value is -5.76. The minimum atomic E-state index is -4.40. The van der Waals surface area contributed by atoms with Gasteiger partial charge in [0.05, 0.1) is 42.2 Å². The maximum Gasteiger partial charge on any atom is 0.406 e. The van der Waals surface area contributed by atoms with Gasteiger partial charge in [-0.05, 0) is 119 Å². The van der Waals surface area contributed by atoms with Crippen LogP contribution >= 0.6 is 30.9 Å². The van der Waals surface area contributed by atoms with Crippen molar-refractivity contribution in [2.75, 3.05) is 82.9 Å². The Kier molecular flexibility index (Phi) is 16.2. The summed E-state index contributed by atoms with van der Waals surface area (Å²) in [5.74, 6) is 7.97. The van der Waals surface area contributed by atoms with Gasteiger partial charge in [0.2, 0.25) is 11.8 Å². The normalized spacial score (nSPS) is 16.9. The number of fused-ring (bicyclic) bond motifs is 4. The van der Waals surface area contributed by atoms with E-state index in [2.05, 4.69) is 81.4 Å². The van der Waals surface area contributed by atoms with Crippen molar-refractivity contribution in [1.29, 1.82) is 0 Å². The Morgan fingerprint density at radius 3 is 2.36 bits per heavy atom. The van der Waals surface area contributed by atoms with Crippen LogP contribution in [0.5, 0.6) is 0 Å². The number of rotatable bonds is 9. The molecule has 19 heteroatoms. The lowest BCUT2D eigenvalue weighted by atomic mass is 9.89. The molecular weight excluding hydrogens is 1000 g/mol. The van der Waals surface area contributed by atoms with E-state index in [1.165, 1.54) is 25.9 Å². The molecule has 0 saturated carbocycles. The van der Waals surface area contributed by atoms with E-state index in [1.54, 1.807) is 36.5 Å². The highest BCUT2D eigenvalue weighted by Gasteiger charge is 2.42. The molecule has 4 aliphatic rings. The first-order valence-electron chi connectivity index (χ1n) is 25.1. The van der Waals surface area contributed by atoms with Crippen molar-refractivity contribution < 1.29 is 27.5 Å². The number of aliphatic imine (C=N–C) groups is 1. The number of anilines is 2. The number of benzene rings is 3. The summed E-state index contributed by atoms with van der Waals surface area (Å²) in [6, 6.07) is 23.3. The van der Waals surface area contributed by atoms with E-state index in [1.807, 2.05) is 59.2 Å². The number of hydrogen-bond acceptors (Lipinski definition) is 10. The maximum atomic E-state index is 13.7. The minimum Gasteiger partial charge on any atom is -0.382 e. The molecule has 2 N–H and O–H groups in total. The minimum absolute atomic E-state index is 0.0745. The molecule has 6 aromatic rings. The Morgan fingerprint density at radius 2 is 1.68 bits per heavy atom. The second kappa shape index (κ2) is 22.6. The zero-order chi connectivity index (χ0) is 52.3. The standard InChI is InChI=1S/C38H48F3N6O3P.C17H15ClN4S/c1-28(48)45-20-15-37(16-21-45)26-46(22-23-50-37)36(49)25-44-18-13-30(14-19-44)43-34-7-4-8-35-33(34)24-31(47(35)27-38(39,40)41)6-5-17-42-29-9-11-32(12-10-29)51(2)3;1-9-10(2)23-17-15(9)16(12-4-6-13(18)7-5-12)19-8-14-21-20-11(3)22(14)17/h4,7-12,24,30,42-43H,13-23,25-27H2,1-3H3;4-7H,8H2,1-3H3. The maximum absolute atomic E-state index is 13.7. The lowest BCUT2D eigenvalue weighted by molar-refractivity contribution is -0.163. The summed E-state index contributed by atoms with van der Waals surface area (Å²) in [5, 5.41) is 19.2. The number of piperidine rings is 2. The number of hydrogen-bond donors (Lipinski definition) is 2. The number of carbonyl (C=O) groups excluding carboxylic acids is 2. The van der Waals surface area contributed by atoms with Gasteiger partial charge >= 0.3 is 6.18 Å². The van der Waals surface area contributed by atoms with Crippen LogP contribution in [-0.4, -0.2) is 142 Å². The number of morpholine rings is 1. The zero-order valence-corrected chi connectivity index (χ0v) is 45.2. The molecule has 3 saturated heterocycles. The Morgan fingerprint density at radius 1 is 0.946 bits per heavy atom. The van der Waals surface area contributed by atoms with E-state index in [0.29, 0.717) is 69.0 Å². The first kappa shape index (κ1) is 53.1. The molecule has 0 bridgehead atoms. The summed E-state index contributed by atoms with van der Waals surface area (Å²) in [7, 11) is -0.185. The Labute approximate surface area is 441 Å². The molecule has 1 spiro atoms. The van der Waals surface area contributed by atoms with Crippen LogP contribution in [0.2, 0.25) is 5.02 Å². The molecule has 4 aliphatic heterocycles. The zero-order valence-electron chi connectivity index (χ0n) is 42.8. The fourth-order valence-electron chi connectivity index (χ4n) is 10.2. The summed E-state index contributed by atoms with van der Waals surface area (Å²) in [6.45, 7) is 16.7. The van der Waals surface area contributed by atoms with Crippen molar-refractivity contribution in [3.8, 4) is 16.8 Å². The molecule has 390 valence electrons. The van der Waals surface area contributed by atoms with E-state index in [9.17, 15) is 22.8 Å². The third kappa shape index (κ3) is 12.2. The number of nitrogens with zero attached hydrogens (tertiary/aromatic N) is 8. The average molecular weight is 1070 g/mol. The second-order valence-electron chi connectivity index (χ2n) is 19.7. The smallest absolute Gasteiger partial charge is 0.382 e. The van der Waals surface area contributed by atoms with Gasteiger partial charge in [-0.1, -0.05) is 55.8 Å². The molecule has 10 rings (SSSR count). The third-order valence-electron chi connectivity index (χ3n) is 14.5. The topological polar surface area (TPSA) is 125 Å². The number of aryl methyl sites for hydroxylation is 2. The van der Waals surface area contributed by atoms with Crippen molar-refractivity contribution in [3.05, 3.63) is 117 Å². The van der Waals surface area contributed by atoms with Gasteiger partial charge < -0.3 is 29.7 Å². The number of thiophene rings is 1. The summed E-state index contributed by atoms with van der Waals surface area (Å²) in [6.07, 6.45) is -1.32. The second-order valence-corrected chi connectivity index (χ2v) is 23.7. The predicted octanol–water partition coefficient (Wildman–Crippen LogP) is 9.41. The molecule has 3 aromatic carbocycles. The fraction of sp³-hybridized carbons (Fsp3) is 0.436. The van der Waals surface area contributed by atoms with Crippen LogP contribution in [0, 0.1) is 32.6 Å². The van der Waals surface area contributed by atoms with Gasteiger partial charge in [-0.15, -0.1) is 21.5 Å². The average Bonchev–Trinajstić information content (AvgIpc) is 3.98. The van der Waals surface area contributed by atoms with Gasteiger partial charge in [0.15, 0.2) is 5.82 Å². The highest BCUT2D eigenvalue weighted by molar-refractivity contribution is 7.64. The van der Waals surface area contributed by atoms with Crippen LogP contribution in [0.4, 0.5) is 24.5 Å². The molecular formula is C55H63ClF3N10O3PS. The number of nitrogens with one attached hydrogen (secondary N) is 2. The number of likely N-dealkylation sites (tertiary alicyclic amines) is 2. The molecule has 0 unspecified atom stereocenters. The lowest BCUT2D eigenvalue weighted by Gasteiger charge is -2.47. The number of amides is 2. The van der Waals surface area contributed by atoms with Gasteiger partial charge in [-0.2, -0.15) is 13.2 Å². The van der Waals surface area contributed by atoms with E-state index >= 15 is 0 Å². The highest BCUT2D eigenvalue weighted by Crippen LogP contribution is 2.37. The molecule has 0 radical (unpaired) electrons. The van der Waals surface area contributed by atoms with Gasteiger partial charge in [-0.25, -0.2) is 0 Å². The van der Waals surface area contributed by atoms with Gasteiger partial charge in [0, 0.05) is 90.0 Å². The molecule has 7 heterocycles. The van der Waals surface area contributed by atoms with E-state index < -0.39 is 12.7 Å². The molecule has 3 aromatic heterocycles. The van der Waals surface area contributed by atoms with Crippen LogP contribution in [0.1, 0.15) is 71.5 Å². The number of aromatic nitrogens is 4. The molecule has 2 amide bonds. The first-order valence-corrected chi connectivity index (χ1v) is 28.5. The fourth-order valence-corrected chi connectivity index (χ4v) is 12.3. The molecule has 13 nitrogen and oxygen atoms in total. The third-order valence-corrected chi connectivity index (χ3v) is 17.3. The van der Waals surface area contributed by atoms with Crippen LogP contribution in [-0.2, 0) is 27.4 Å². The summed E-state index contributed by atoms with van der Waals surface area (Å²) in [5.41, 5.74) is 6.65. The van der Waals surface area contributed by atoms with Gasteiger partial charge in [0.1, 0.15) is 23.9 Å². The molecule has 3 fully saturated rings. The quantitative estimate of drug-likeness (QED) is 0.109. The number of alkyl halides is 3. The van der Waals surface area contributed by atoms with Gasteiger partial charge in [0.25, 0.3) is 0 Å². The lowest BCUT2D eigenvalue weighted by Crippen LogP contribution is -2.59. The van der Waals surface area contributed by atoms with Crippen LogP contribution in [0.15, 0.2) is 77.8 Å². The largest absolute Gasteiger partial charge is 0.406 e. The van der Waals surface area contributed by atoms with Crippen molar-refractivity contribution >= 4 is 76.0 Å². The van der Waals surface area contributed by atoms with Crippen LogP contribution in [0.3, 0.4) is 0 Å². The van der Waals surface area contributed by atoms with Crippen molar-refractivity contribution in [1.82, 2.24) is 34.0 Å². The summed E-state index contributed by atoms with van der Waals surface area (Å²) >= 11 is 7.80. The van der Waals surface area contributed by atoms with Crippen LogP contribution < -0.4 is 15.9 Å². The van der Waals surface area contributed by atoms with Crippen molar-refractivity contribution in [2.45, 2.75) is 84.3 Å². The predicted molar refractivity (Wildman–Crippen MR) is 292 cm³/mol. The number of ether oxygens (including phenoxy) is 1. The highest BCUT2D eigenvalue weighted by atomic mass is 35.5. The van der Waals surface area contributed by atoms with E-state index in [4.69, 9.17) is 21.3 Å². The Balaban J connectivity index is 0.000000241. The van der Waals surface area contributed by atoms with Crippen LogP contribution in [0.25, 0.3) is 15.9 Å². The molecule has 74 heavy (non-hydrogen) atoms. The summed E-state index contributed by atoms with van der Waals surface area (Å²) in [4.78, 5) is 37.2. The number of halogens is 4. The SMILES string of the molecule is CC(=O)N1CCC2(CC1)CN(C(=O)CN1CCC(Nc3cccc4c3cc(C#CCNc3ccc(P(C)C)cc3)n4CC(F)(F)F)CC1)CCO2.Cc1sc2c(c1C)C(c1ccc(Cl)cc1)=NCc1nnc(C)n1-2. The van der Waals surface area contributed by atoms with E-state index in [0.717, 1.165) is 83.1 Å². The first-order chi connectivity index (χ1) is 35.4.